The molecule has 6 heteroatoms. The van der Waals surface area contributed by atoms with Gasteiger partial charge in [-0.2, -0.15) is 0 Å². The maximum atomic E-state index is 12.4. The van der Waals surface area contributed by atoms with Gasteiger partial charge >= 0.3 is 0 Å². The molecule has 1 aromatic heterocycles. The molecule has 1 fully saturated rings. The van der Waals surface area contributed by atoms with Crippen molar-refractivity contribution in [1.82, 2.24) is 20.7 Å². The largest absolute Gasteiger partial charge is 0.506 e. The number of hydrazine groups is 1. The minimum atomic E-state index is -0.141. The minimum absolute atomic E-state index is 0.0230. The van der Waals surface area contributed by atoms with E-state index in [4.69, 9.17) is 0 Å². The van der Waals surface area contributed by atoms with E-state index in [1.165, 1.54) is 12.3 Å². The normalized spacial score (nSPS) is 26.6. The van der Waals surface area contributed by atoms with E-state index in [1.54, 1.807) is 6.92 Å². The molecule has 1 atom stereocenters. The number of aromatic hydroxyl groups is 1. The van der Waals surface area contributed by atoms with E-state index in [9.17, 15) is 9.90 Å². The number of amides is 1. The smallest absolute Gasteiger partial charge is 0.253 e. The monoisotopic (exact) mass is 330 g/mol. The van der Waals surface area contributed by atoms with Crippen molar-refractivity contribution in [2.45, 2.75) is 51.6 Å². The van der Waals surface area contributed by atoms with Gasteiger partial charge in [0.25, 0.3) is 5.91 Å². The average molecular weight is 330 g/mol. The Hall–Kier alpha value is -2.08. The zero-order valence-corrected chi connectivity index (χ0v) is 14.3. The van der Waals surface area contributed by atoms with E-state index in [0.717, 1.165) is 32.2 Å². The number of hydrogen-bond acceptors (Lipinski definition) is 5. The predicted molar refractivity (Wildman–Crippen MR) is 92.3 cm³/mol. The Morgan fingerprint density at radius 3 is 2.83 bits per heavy atom. The Kier molecular flexibility index (Phi) is 5.04. The highest BCUT2D eigenvalue weighted by atomic mass is 16.3. The van der Waals surface area contributed by atoms with Crippen molar-refractivity contribution >= 4 is 5.91 Å². The summed E-state index contributed by atoms with van der Waals surface area (Å²) in [5.74, 6) is 0.539. The first-order valence-electron chi connectivity index (χ1n) is 8.69. The molecule has 1 saturated carbocycles. The SMILES string of the molecule is Cc1ncc(O)cc1C(=O)NC1CCC(CN2C=CC(C)N2)CC1. The molecule has 130 valence electrons. The van der Waals surface area contributed by atoms with Crippen LogP contribution in [0.1, 0.15) is 48.7 Å². The molecule has 2 heterocycles. The van der Waals surface area contributed by atoms with Gasteiger partial charge in [0.2, 0.25) is 0 Å². The molecule has 0 aromatic carbocycles. The number of aryl methyl sites for hydroxylation is 1. The van der Waals surface area contributed by atoms with Crippen LogP contribution in [-0.4, -0.2) is 39.6 Å². The third-order valence-electron chi connectivity index (χ3n) is 4.88. The first-order valence-corrected chi connectivity index (χ1v) is 8.69. The Morgan fingerprint density at radius 1 is 1.42 bits per heavy atom. The fourth-order valence-electron chi connectivity index (χ4n) is 3.48. The van der Waals surface area contributed by atoms with Crippen LogP contribution in [0.15, 0.2) is 24.5 Å². The van der Waals surface area contributed by atoms with Crippen LogP contribution in [0.5, 0.6) is 5.75 Å². The van der Waals surface area contributed by atoms with Gasteiger partial charge in [0, 0.05) is 24.8 Å². The lowest BCUT2D eigenvalue weighted by atomic mass is 9.85. The van der Waals surface area contributed by atoms with Crippen LogP contribution < -0.4 is 10.7 Å². The van der Waals surface area contributed by atoms with E-state index < -0.39 is 0 Å². The molecule has 1 aromatic rings. The van der Waals surface area contributed by atoms with E-state index >= 15 is 0 Å². The predicted octanol–water partition coefficient (Wildman–Crippen LogP) is 2.11. The fraction of sp³-hybridized carbons (Fsp3) is 0.556. The summed E-state index contributed by atoms with van der Waals surface area (Å²) in [4.78, 5) is 16.4. The van der Waals surface area contributed by atoms with Gasteiger partial charge in [-0.3, -0.25) is 9.78 Å². The Bertz CT molecular complexity index is 623. The van der Waals surface area contributed by atoms with E-state index in [0.29, 0.717) is 23.2 Å². The first-order chi connectivity index (χ1) is 11.5. The summed E-state index contributed by atoms with van der Waals surface area (Å²) >= 11 is 0. The van der Waals surface area contributed by atoms with E-state index in [1.807, 2.05) is 0 Å². The lowest BCUT2D eigenvalue weighted by molar-refractivity contribution is 0.0915. The lowest BCUT2D eigenvalue weighted by Crippen LogP contribution is -2.41. The molecule has 6 nitrogen and oxygen atoms in total. The second kappa shape index (κ2) is 7.21. The molecule has 0 radical (unpaired) electrons. The van der Waals surface area contributed by atoms with E-state index in [-0.39, 0.29) is 17.7 Å². The van der Waals surface area contributed by atoms with Crippen molar-refractivity contribution in [3.8, 4) is 5.75 Å². The molecule has 3 N–H and O–H groups in total. The maximum absolute atomic E-state index is 12.4. The summed E-state index contributed by atoms with van der Waals surface area (Å²) in [5.41, 5.74) is 4.49. The van der Waals surface area contributed by atoms with Crippen LogP contribution >= 0.6 is 0 Å². The molecule has 3 rings (SSSR count). The molecule has 0 spiro atoms. The van der Waals surface area contributed by atoms with Gasteiger partial charge in [-0.05, 0) is 57.6 Å². The molecule has 2 aliphatic rings. The molecule has 0 bridgehead atoms. The molecule has 1 unspecified atom stereocenters. The summed E-state index contributed by atoms with van der Waals surface area (Å²) in [6.07, 6.45) is 9.86. The van der Waals surface area contributed by atoms with Gasteiger partial charge in [0.05, 0.1) is 17.5 Å². The molecule has 24 heavy (non-hydrogen) atoms. The Morgan fingerprint density at radius 2 is 2.17 bits per heavy atom. The highest BCUT2D eigenvalue weighted by Crippen LogP contribution is 2.26. The molecule has 0 saturated heterocycles. The lowest BCUT2D eigenvalue weighted by Gasteiger charge is -2.32. The fourth-order valence-corrected chi connectivity index (χ4v) is 3.48. The van der Waals surface area contributed by atoms with Crippen LogP contribution in [0.2, 0.25) is 0 Å². The molecule has 1 aliphatic heterocycles. The molecular formula is C18H26N4O2. The molecule has 1 amide bonds. The number of rotatable bonds is 4. The summed E-state index contributed by atoms with van der Waals surface area (Å²) in [5, 5.41) is 14.8. The zero-order chi connectivity index (χ0) is 17.1. The van der Waals surface area contributed by atoms with Gasteiger partial charge in [0.1, 0.15) is 5.75 Å². The summed E-state index contributed by atoms with van der Waals surface area (Å²) in [6, 6.07) is 2.10. The third-order valence-corrected chi connectivity index (χ3v) is 4.88. The van der Waals surface area contributed by atoms with Gasteiger partial charge < -0.3 is 15.4 Å². The van der Waals surface area contributed by atoms with Gasteiger partial charge in [-0.1, -0.05) is 0 Å². The molecule has 1 aliphatic carbocycles. The zero-order valence-electron chi connectivity index (χ0n) is 14.3. The van der Waals surface area contributed by atoms with Gasteiger partial charge in [-0.15, -0.1) is 0 Å². The standard InChI is InChI=1S/C18H26N4O2/c1-12-7-8-22(21-12)11-14-3-5-15(6-4-14)20-18(24)17-9-16(23)10-19-13(17)2/h7-10,12,14-15,21,23H,3-6,11H2,1-2H3,(H,20,24). The van der Waals surface area contributed by atoms with Crippen LogP contribution in [0.25, 0.3) is 0 Å². The first kappa shape index (κ1) is 16.8. The van der Waals surface area contributed by atoms with Crippen molar-refractivity contribution in [2.75, 3.05) is 6.54 Å². The number of aromatic nitrogens is 1. The number of nitrogens with zero attached hydrogens (tertiary/aromatic N) is 2. The average Bonchev–Trinajstić information content (AvgIpc) is 2.96. The summed E-state index contributed by atoms with van der Waals surface area (Å²) in [6.45, 7) is 4.95. The van der Waals surface area contributed by atoms with Gasteiger partial charge in [-0.25, -0.2) is 5.43 Å². The number of pyridine rings is 1. The van der Waals surface area contributed by atoms with Crippen molar-refractivity contribution < 1.29 is 9.90 Å². The Balaban J connectivity index is 1.47. The van der Waals surface area contributed by atoms with E-state index in [2.05, 4.69) is 39.9 Å². The van der Waals surface area contributed by atoms with Crippen LogP contribution in [0.3, 0.4) is 0 Å². The highest BCUT2D eigenvalue weighted by Gasteiger charge is 2.25. The summed E-state index contributed by atoms with van der Waals surface area (Å²) in [7, 11) is 0. The third kappa shape index (κ3) is 4.06. The highest BCUT2D eigenvalue weighted by molar-refractivity contribution is 5.95. The number of carbonyl (C=O) groups is 1. The van der Waals surface area contributed by atoms with Crippen molar-refractivity contribution in [3.05, 3.63) is 35.8 Å². The topological polar surface area (TPSA) is 77.5 Å². The summed E-state index contributed by atoms with van der Waals surface area (Å²) < 4.78 is 0. The maximum Gasteiger partial charge on any atom is 0.253 e. The van der Waals surface area contributed by atoms with Crippen molar-refractivity contribution in [3.63, 3.8) is 0 Å². The van der Waals surface area contributed by atoms with Crippen molar-refractivity contribution in [2.24, 2.45) is 5.92 Å². The van der Waals surface area contributed by atoms with Crippen LogP contribution in [0.4, 0.5) is 0 Å². The van der Waals surface area contributed by atoms with Gasteiger partial charge in [0.15, 0.2) is 0 Å². The van der Waals surface area contributed by atoms with Crippen LogP contribution in [-0.2, 0) is 0 Å². The second-order valence-electron chi connectivity index (χ2n) is 6.93. The number of carbonyl (C=O) groups excluding carboxylic acids is 1. The van der Waals surface area contributed by atoms with Crippen LogP contribution in [0, 0.1) is 12.8 Å². The van der Waals surface area contributed by atoms with Crippen molar-refractivity contribution in [1.29, 1.82) is 0 Å². The molecular weight excluding hydrogens is 304 g/mol. The minimum Gasteiger partial charge on any atom is -0.506 e. The number of nitrogens with one attached hydrogen (secondary N) is 2. The Labute approximate surface area is 142 Å². The quantitative estimate of drug-likeness (QED) is 0.788. The second-order valence-corrected chi connectivity index (χ2v) is 6.93. The number of hydrogen-bond donors (Lipinski definition) is 3.